The maximum absolute atomic E-state index is 13.2. The van der Waals surface area contributed by atoms with Crippen LogP contribution in [-0.2, 0) is 19.0 Å². The monoisotopic (exact) mass is 410 g/mol. The Bertz CT molecular complexity index is 517. The second kappa shape index (κ2) is 7.98. The molecule has 0 amide bonds. The topological polar surface area (TPSA) is 44.8 Å². The van der Waals surface area contributed by atoms with Crippen molar-refractivity contribution >= 4 is 5.97 Å². The van der Waals surface area contributed by atoms with E-state index in [1.54, 1.807) is 0 Å². The van der Waals surface area contributed by atoms with E-state index >= 15 is 0 Å². The van der Waals surface area contributed by atoms with Crippen molar-refractivity contribution in [2.75, 3.05) is 6.61 Å². The quantitative estimate of drug-likeness (QED) is 0.325. The van der Waals surface area contributed by atoms with Gasteiger partial charge in [-0.25, -0.2) is 9.18 Å². The Hall–Kier alpha value is -1.57. The number of halogens is 10. The summed E-state index contributed by atoms with van der Waals surface area (Å²) >= 11 is 0. The zero-order chi connectivity index (χ0) is 21.1. The Labute approximate surface area is 139 Å². The Balaban J connectivity index is 4.98. The summed E-state index contributed by atoms with van der Waals surface area (Å²) in [5.74, 6) is -8.03. The predicted octanol–water partition coefficient (Wildman–Crippen LogP) is 4.21. The summed E-state index contributed by atoms with van der Waals surface area (Å²) in [6, 6.07) is 0. The van der Waals surface area contributed by atoms with Gasteiger partial charge in [-0.2, -0.15) is 39.5 Å². The van der Waals surface area contributed by atoms with Gasteiger partial charge >= 0.3 is 30.3 Å². The fourth-order valence-electron chi connectivity index (χ4n) is 1.11. The normalized spacial score (nSPS) is 16.2. The number of carbonyl (C=O) groups is 1. The molecule has 26 heavy (non-hydrogen) atoms. The summed E-state index contributed by atoms with van der Waals surface area (Å²) in [5.41, 5.74) is -0.162. The molecule has 154 valence electrons. The molecule has 0 N–H and O–H groups in total. The van der Waals surface area contributed by atoms with E-state index in [0.717, 1.165) is 6.92 Å². The molecule has 0 aliphatic rings. The maximum Gasteiger partial charge on any atom is 0.462 e. The molecule has 0 saturated heterocycles. The van der Waals surface area contributed by atoms with Crippen LogP contribution in [0, 0.1) is 0 Å². The van der Waals surface area contributed by atoms with E-state index in [0.29, 0.717) is 0 Å². The lowest BCUT2D eigenvalue weighted by atomic mass is 10.3. The fraction of sp³-hybridized carbons (Fsp3) is 0.750. The van der Waals surface area contributed by atoms with Gasteiger partial charge in [0.25, 0.3) is 6.36 Å². The van der Waals surface area contributed by atoms with Gasteiger partial charge in [0.2, 0.25) is 0 Å². The van der Waals surface area contributed by atoms with Gasteiger partial charge in [-0.3, -0.25) is 4.74 Å². The number of ether oxygens (including phenoxy) is 3. The number of rotatable bonds is 9. The van der Waals surface area contributed by atoms with E-state index in [-0.39, 0.29) is 5.57 Å². The second-order valence-electron chi connectivity index (χ2n) is 4.89. The molecule has 0 aromatic rings. The van der Waals surface area contributed by atoms with Gasteiger partial charge in [-0.1, -0.05) is 6.58 Å². The fourth-order valence-corrected chi connectivity index (χ4v) is 1.11. The van der Waals surface area contributed by atoms with E-state index < -0.39 is 49.4 Å². The maximum atomic E-state index is 13.2. The Morgan fingerprint density at radius 3 is 1.85 bits per heavy atom. The zero-order valence-corrected chi connectivity index (χ0v) is 13.0. The van der Waals surface area contributed by atoms with E-state index in [1.807, 2.05) is 0 Å². The van der Waals surface area contributed by atoms with Crippen molar-refractivity contribution in [2.24, 2.45) is 0 Å². The third kappa shape index (κ3) is 6.00. The first-order valence-electron chi connectivity index (χ1n) is 6.37. The van der Waals surface area contributed by atoms with Crippen molar-refractivity contribution < 1.29 is 62.9 Å². The van der Waals surface area contributed by atoms with Gasteiger partial charge in [-0.05, 0) is 13.8 Å². The minimum Gasteiger partial charge on any atom is -0.460 e. The highest BCUT2D eigenvalue weighted by molar-refractivity contribution is 5.86. The molecule has 0 bridgehead atoms. The molecule has 0 saturated carbocycles. The van der Waals surface area contributed by atoms with Gasteiger partial charge in [0.15, 0.2) is 0 Å². The van der Waals surface area contributed by atoms with Crippen molar-refractivity contribution in [3.8, 4) is 0 Å². The summed E-state index contributed by atoms with van der Waals surface area (Å²) in [4.78, 5) is 11.0. The highest BCUT2D eigenvalue weighted by Crippen LogP contribution is 2.48. The number of alkyl halides is 10. The molecule has 2 unspecified atom stereocenters. The molecule has 0 aromatic heterocycles. The van der Waals surface area contributed by atoms with E-state index in [4.69, 9.17) is 0 Å². The third-order valence-electron chi connectivity index (χ3n) is 2.39. The molecule has 0 aliphatic heterocycles. The number of hydrogen-bond donors (Lipinski definition) is 0. The Kier molecular flexibility index (Phi) is 7.50. The van der Waals surface area contributed by atoms with Crippen LogP contribution < -0.4 is 0 Å². The summed E-state index contributed by atoms with van der Waals surface area (Å²) in [7, 11) is 0. The van der Waals surface area contributed by atoms with Crippen LogP contribution in [0.4, 0.5) is 43.9 Å². The lowest BCUT2D eigenvalue weighted by Crippen LogP contribution is -2.56. The highest BCUT2D eigenvalue weighted by Gasteiger charge is 2.76. The minimum absolute atomic E-state index is 0.162. The molecule has 0 rings (SSSR count). The smallest absolute Gasteiger partial charge is 0.460 e. The standard InChI is InChI=1S/C12H12F10O4/c1-5(2)7(23)24-4-6(3)25-9(14,15)8(13)26-12(21,22)10(16,17)11(18,19)20/h6,8H,1,4H2,2-3H3. The van der Waals surface area contributed by atoms with Crippen LogP contribution in [0.2, 0.25) is 0 Å². The van der Waals surface area contributed by atoms with Crippen LogP contribution in [0.25, 0.3) is 0 Å². The van der Waals surface area contributed by atoms with Crippen LogP contribution >= 0.6 is 0 Å². The summed E-state index contributed by atoms with van der Waals surface area (Å²) in [5, 5.41) is 0. The van der Waals surface area contributed by atoms with Crippen LogP contribution in [0.5, 0.6) is 0 Å². The van der Waals surface area contributed by atoms with Crippen LogP contribution in [-0.4, -0.2) is 49.4 Å². The molecule has 14 heteroatoms. The Morgan fingerprint density at radius 1 is 1.00 bits per heavy atom. The lowest BCUT2D eigenvalue weighted by Gasteiger charge is -2.31. The molecule has 0 aliphatic carbocycles. The molecule has 0 radical (unpaired) electrons. The van der Waals surface area contributed by atoms with Crippen molar-refractivity contribution in [3.63, 3.8) is 0 Å². The second-order valence-corrected chi connectivity index (χ2v) is 4.89. The summed E-state index contributed by atoms with van der Waals surface area (Å²) < 4.78 is 136. The first-order chi connectivity index (χ1) is 11.3. The number of hydrogen-bond acceptors (Lipinski definition) is 4. The van der Waals surface area contributed by atoms with Crippen LogP contribution in [0.3, 0.4) is 0 Å². The first kappa shape index (κ1) is 24.4. The molecular weight excluding hydrogens is 398 g/mol. The molecule has 0 aromatic carbocycles. The SMILES string of the molecule is C=C(C)C(=O)OCC(C)OC(F)(F)C(F)OC(F)(F)C(F)(F)C(F)(F)F. The average Bonchev–Trinajstić information content (AvgIpc) is 2.42. The predicted molar refractivity (Wildman–Crippen MR) is 63.2 cm³/mol. The van der Waals surface area contributed by atoms with Crippen molar-refractivity contribution in [1.29, 1.82) is 0 Å². The first-order valence-corrected chi connectivity index (χ1v) is 6.37. The van der Waals surface area contributed by atoms with Gasteiger partial charge in [0.1, 0.15) is 6.61 Å². The van der Waals surface area contributed by atoms with Gasteiger partial charge < -0.3 is 9.47 Å². The van der Waals surface area contributed by atoms with Crippen LogP contribution in [0.15, 0.2) is 12.2 Å². The van der Waals surface area contributed by atoms with E-state index in [9.17, 15) is 48.7 Å². The molecule has 2 atom stereocenters. The Morgan fingerprint density at radius 2 is 1.46 bits per heavy atom. The van der Waals surface area contributed by atoms with Crippen molar-refractivity contribution in [2.45, 2.75) is 50.6 Å². The zero-order valence-electron chi connectivity index (χ0n) is 13.0. The van der Waals surface area contributed by atoms with Gasteiger partial charge in [0, 0.05) is 5.57 Å². The van der Waals surface area contributed by atoms with E-state index in [1.165, 1.54) is 6.92 Å². The average molecular weight is 410 g/mol. The summed E-state index contributed by atoms with van der Waals surface area (Å²) in [6.45, 7) is 4.07. The molecular formula is C12H12F10O4. The van der Waals surface area contributed by atoms with Crippen LogP contribution in [0.1, 0.15) is 13.8 Å². The third-order valence-corrected chi connectivity index (χ3v) is 2.39. The molecule has 4 nitrogen and oxygen atoms in total. The number of esters is 1. The van der Waals surface area contributed by atoms with Gasteiger partial charge in [0.05, 0.1) is 6.10 Å². The van der Waals surface area contributed by atoms with Crippen molar-refractivity contribution in [1.82, 2.24) is 0 Å². The minimum atomic E-state index is -6.96. The highest BCUT2D eigenvalue weighted by atomic mass is 19.4. The lowest BCUT2D eigenvalue weighted by molar-refractivity contribution is -0.467. The molecule has 0 spiro atoms. The van der Waals surface area contributed by atoms with Gasteiger partial charge in [-0.15, -0.1) is 0 Å². The van der Waals surface area contributed by atoms with E-state index in [2.05, 4.69) is 20.8 Å². The molecule has 0 heterocycles. The number of carbonyl (C=O) groups excluding carboxylic acids is 1. The summed E-state index contributed by atoms with van der Waals surface area (Å²) in [6.07, 6.45) is -25.5. The molecule has 0 fully saturated rings. The van der Waals surface area contributed by atoms with Crippen molar-refractivity contribution in [3.05, 3.63) is 12.2 Å². The largest absolute Gasteiger partial charge is 0.462 e.